The van der Waals surface area contributed by atoms with E-state index in [1.165, 1.54) is 5.56 Å². The average Bonchev–Trinajstić information content (AvgIpc) is 3.36. The van der Waals surface area contributed by atoms with E-state index in [1.54, 1.807) is 0 Å². The molecule has 0 aliphatic rings. The summed E-state index contributed by atoms with van der Waals surface area (Å²) in [4.78, 5) is 6.75. The molecule has 0 saturated heterocycles. The van der Waals surface area contributed by atoms with Crippen LogP contribution < -0.4 is 0 Å². The van der Waals surface area contributed by atoms with Gasteiger partial charge in [0.15, 0.2) is 0 Å². The maximum atomic E-state index is 10.6. The van der Waals surface area contributed by atoms with Crippen molar-refractivity contribution in [3.63, 3.8) is 0 Å². The molecular weight excluding hydrogens is 309 g/mol. The third kappa shape index (κ3) is 3.14. The molecule has 3 N–H and O–H groups in total. The molecule has 2 heterocycles. The first-order valence-corrected chi connectivity index (χ1v) is 8.43. The van der Waals surface area contributed by atoms with Gasteiger partial charge in [0.1, 0.15) is 6.10 Å². The summed E-state index contributed by atoms with van der Waals surface area (Å²) >= 11 is 0. The minimum Gasteiger partial charge on any atom is -0.382 e. The fourth-order valence-corrected chi connectivity index (χ4v) is 3.27. The first-order chi connectivity index (χ1) is 12.3. The maximum absolute atomic E-state index is 10.6. The molecule has 25 heavy (non-hydrogen) atoms. The average molecular weight is 329 g/mol. The maximum Gasteiger partial charge on any atom is 0.119 e. The van der Waals surface area contributed by atoms with Crippen molar-refractivity contribution in [3.8, 4) is 0 Å². The Hall–Kier alpha value is -3.04. The van der Waals surface area contributed by atoms with Crippen LogP contribution in [-0.2, 0) is 0 Å². The molecule has 3 heteroatoms. The molecule has 0 aliphatic heterocycles. The minimum atomic E-state index is -0.657. The van der Waals surface area contributed by atoms with E-state index in [2.05, 4.69) is 34.2 Å². The van der Waals surface area contributed by atoms with Gasteiger partial charge in [-0.25, -0.2) is 0 Å². The molecule has 0 aliphatic carbocycles. The van der Waals surface area contributed by atoms with Crippen LogP contribution in [0.5, 0.6) is 0 Å². The third-order valence-corrected chi connectivity index (χ3v) is 4.52. The smallest absolute Gasteiger partial charge is 0.119 e. The van der Waals surface area contributed by atoms with Crippen molar-refractivity contribution < 1.29 is 5.11 Å². The number of rotatable bonds is 5. The lowest BCUT2D eigenvalue weighted by molar-refractivity contribution is 0.216. The standard InChI is InChI=1S/C22H20N2O/c25-22(17-10-5-2-6-11-17)20-14-13-19(24-20)21(18-12-7-15-23-18)16-8-3-1-4-9-16/h1-15,21-25H/i22+1. The number of aromatic nitrogens is 2. The largest absolute Gasteiger partial charge is 0.382 e. The number of nitrogens with one attached hydrogen (secondary N) is 2. The fraction of sp³-hybridized carbons (Fsp3) is 0.0909. The zero-order valence-electron chi connectivity index (χ0n) is 13.8. The quantitative estimate of drug-likeness (QED) is 0.460. The molecule has 4 rings (SSSR count). The van der Waals surface area contributed by atoms with Gasteiger partial charge < -0.3 is 15.1 Å². The second kappa shape index (κ2) is 6.83. The van der Waals surface area contributed by atoms with Gasteiger partial charge in [-0.3, -0.25) is 0 Å². The van der Waals surface area contributed by atoms with E-state index in [0.29, 0.717) is 0 Å². The third-order valence-electron chi connectivity index (χ3n) is 4.52. The number of hydrogen-bond donors (Lipinski definition) is 3. The molecule has 3 nitrogen and oxygen atoms in total. The highest BCUT2D eigenvalue weighted by atomic mass is 16.4. The van der Waals surface area contributed by atoms with E-state index in [-0.39, 0.29) is 5.92 Å². The van der Waals surface area contributed by atoms with Crippen molar-refractivity contribution in [1.29, 1.82) is 0 Å². The molecule has 0 bridgehead atoms. The Bertz CT molecular complexity index is 911. The van der Waals surface area contributed by atoms with Crippen LogP contribution >= 0.6 is 0 Å². The second-order valence-corrected chi connectivity index (χ2v) is 6.15. The number of aliphatic hydroxyl groups is 1. The molecule has 0 spiro atoms. The first-order valence-electron chi connectivity index (χ1n) is 8.43. The van der Waals surface area contributed by atoms with Crippen molar-refractivity contribution in [2.75, 3.05) is 0 Å². The molecule has 0 saturated carbocycles. The van der Waals surface area contributed by atoms with Crippen LogP contribution in [-0.4, -0.2) is 15.1 Å². The molecule has 0 amide bonds. The van der Waals surface area contributed by atoms with Crippen LogP contribution in [0.25, 0.3) is 0 Å². The molecule has 0 radical (unpaired) electrons. The highest BCUT2D eigenvalue weighted by molar-refractivity contribution is 5.39. The number of aromatic amines is 2. The predicted octanol–water partition coefficient (Wildman–Crippen LogP) is 4.60. The van der Waals surface area contributed by atoms with Crippen LogP contribution in [0.3, 0.4) is 0 Å². The lowest BCUT2D eigenvalue weighted by atomic mass is 9.93. The summed E-state index contributed by atoms with van der Waals surface area (Å²) in [5.74, 6) is 0.0768. The lowest BCUT2D eigenvalue weighted by Gasteiger charge is -2.16. The molecule has 4 aromatic rings. The van der Waals surface area contributed by atoms with E-state index >= 15 is 0 Å². The first kappa shape index (κ1) is 15.5. The molecule has 124 valence electrons. The Morgan fingerprint density at radius 1 is 0.600 bits per heavy atom. The minimum absolute atomic E-state index is 0.0768. The van der Waals surface area contributed by atoms with Crippen LogP contribution in [0.1, 0.15) is 40.2 Å². The van der Waals surface area contributed by atoms with Crippen molar-refractivity contribution in [1.82, 2.24) is 9.97 Å². The SMILES string of the molecule is O[13CH](c1ccccc1)c1ccc(C(c2ccccc2)c2ccc[nH]2)[nH]1. The topological polar surface area (TPSA) is 51.8 Å². The Morgan fingerprint density at radius 2 is 1.24 bits per heavy atom. The van der Waals surface area contributed by atoms with Crippen LogP contribution in [0, 0.1) is 0 Å². The van der Waals surface area contributed by atoms with Gasteiger partial charge in [0.05, 0.1) is 5.92 Å². The summed E-state index contributed by atoms with van der Waals surface area (Å²) in [5, 5.41) is 10.6. The van der Waals surface area contributed by atoms with Gasteiger partial charge in [-0.2, -0.15) is 0 Å². The normalized spacial score (nSPS) is 13.5. The summed E-state index contributed by atoms with van der Waals surface area (Å²) in [6.45, 7) is 0. The van der Waals surface area contributed by atoms with E-state index in [0.717, 1.165) is 22.6 Å². The zero-order valence-corrected chi connectivity index (χ0v) is 13.8. The van der Waals surface area contributed by atoms with Gasteiger partial charge in [0.25, 0.3) is 0 Å². The van der Waals surface area contributed by atoms with Gasteiger partial charge >= 0.3 is 0 Å². The number of benzene rings is 2. The molecule has 2 aromatic carbocycles. The monoisotopic (exact) mass is 329 g/mol. The van der Waals surface area contributed by atoms with Crippen molar-refractivity contribution >= 4 is 0 Å². The Labute approximate surface area is 147 Å². The van der Waals surface area contributed by atoms with E-state index in [1.807, 2.05) is 66.9 Å². The Kier molecular flexibility index (Phi) is 4.23. The second-order valence-electron chi connectivity index (χ2n) is 6.15. The summed E-state index contributed by atoms with van der Waals surface area (Å²) in [6.07, 6.45) is 1.28. The number of H-pyrrole nitrogens is 2. The van der Waals surface area contributed by atoms with Crippen LogP contribution in [0.4, 0.5) is 0 Å². The highest BCUT2D eigenvalue weighted by Gasteiger charge is 2.21. The van der Waals surface area contributed by atoms with Gasteiger partial charge in [-0.05, 0) is 35.4 Å². The lowest BCUT2D eigenvalue weighted by Crippen LogP contribution is -2.05. The summed E-state index contributed by atoms with van der Waals surface area (Å²) in [6, 6.07) is 28.2. The number of hydrogen-bond acceptors (Lipinski definition) is 1. The van der Waals surface area contributed by atoms with Gasteiger partial charge in [-0.1, -0.05) is 60.7 Å². The predicted molar refractivity (Wildman–Crippen MR) is 99.5 cm³/mol. The molecule has 0 fully saturated rings. The zero-order chi connectivity index (χ0) is 17.1. The van der Waals surface area contributed by atoms with E-state index < -0.39 is 6.10 Å². The summed E-state index contributed by atoms with van der Waals surface area (Å²) < 4.78 is 0. The highest BCUT2D eigenvalue weighted by Crippen LogP contribution is 2.32. The van der Waals surface area contributed by atoms with Gasteiger partial charge in [0, 0.05) is 23.3 Å². The molecular formula is C22H20N2O. The van der Waals surface area contributed by atoms with Gasteiger partial charge in [0.2, 0.25) is 0 Å². The number of aliphatic hydroxyl groups excluding tert-OH is 1. The van der Waals surface area contributed by atoms with E-state index in [4.69, 9.17) is 0 Å². The molecule has 2 unspecified atom stereocenters. The van der Waals surface area contributed by atoms with E-state index in [9.17, 15) is 5.11 Å². The van der Waals surface area contributed by atoms with Gasteiger partial charge in [-0.15, -0.1) is 0 Å². The fourth-order valence-electron chi connectivity index (χ4n) is 3.27. The Balaban J connectivity index is 1.71. The van der Waals surface area contributed by atoms with Crippen LogP contribution in [0.2, 0.25) is 0 Å². The molecule has 2 aromatic heterocycles. The molecule has 2 atom stereocenters. The Morgan fingerprint density at radius 3 is 1.88 bits per heavy atom. The summed E-state index contributed by atoms with van der Waals surface area (Å²) in [5.41, 5.74) is 5.06. The van der Waals surface area contributed by atoms with Crippen molar-refractivity contribution in [2.24, 2.45) is 0 Å². The van der Waals surface area contributed by atoms with Crippen molar-refractivity contribution in [3.05, 3.63) is 119 Å². The van der Waals surface area contributed by atoms with Crippen LogP contribution in [0.15, 0.2) is 91.1 Å². The van der Waals surface area contributed by atoms with Crippen molar-refractivity contribution in [2.45, 2.75) is 12.0 Å². The summed E-state index contributed by atoms with van der Waals surface area (Å²) in [7, 11) is 0.